The molecule has 0 unspecified atom stereocenters. The molecule has 43 heavy (non-hydrogen) atoms. The van der Waals surface area contributed by atoms with Gasteiger partial charge in [-0.25, -0.2) is 23.1 Å². The first kappa shape index (κ1) is 30.1. The third-order valence-corrected chi connectivity index (χ3v) is 7.54. The normalized spacial score (nSPS) is 15.9. The number of pyridine rings is 1. The van der Waals surface area contributed by atoms with Crippen molar-refractivity contribution in [3.8, 4) is 11.3 Å². The van der Waals surface area contributed by atoms with Gasteiger partial charge in [0.15, 0.2) is 0 Å². The van der Waals surface area contributed by atoms with Crippen LogP contribution < -0.4 is 10.6 Å². The van der Waals surface area contributed by atoms with Gasteiger partial charge in [0.1, 0.15) is 17.5 Å². The van der Waals surface area contributed by atoms with E-state index >= 15 is 0 Å². The fourth-order valence-corrected chi connectivity index (χ4v) is 5.55. The van der Waals surface area contributed by atoms with Gasteiger partial charge in [-0.05, 0) is 29.8 Å². The van der Waals surface area contributed by atoms with Crippen LogP contribution in [0.3, 0.4) is 0 Å². The number of H-pyrrole nitrogens is 1. The summed E-state index contributed by atoms with van der Waals surface area (Å²) in [7, 11) is 1.42. The number of alkyl halides is 5. The highest BCUT2D eigenvalue weighted by atomic mass is 32.1. The minimum Gasteiger partial charge on any atom is -0.356 e. The SMILES string of the molecule is CN1C[C@H](CC(F)(F)F)c2[nH]c(-c3ccnc(NC(=O)[C@H](CC(F)F)c4ccc(F)cc4)c3)c(Nc3cscn3)c2C1=O. The molecule has 2 atom stereocenters. The molecule has 0 saturated heterocycles. The van der Waals surface area contributed by atoms with Crippen molar-refractivity contribution in [1.29, 1.82) is 0 Å². The van der Waals surface area contributed by atoms with Crippen molar-refractivity contribution in [3.63, 3.8) is 0 Å². The van der Waals surface area contributed by atoms with Gasteiger partial charge in [-0.2, -0.15) is 13.2 Å². The van der Waals surface area contributed by atoms with Crippen molar-refractivity contribution in [1.82, 2.24) is 19.9 Å². The van der Waals surface area contributed by atoms with Gasteiger partial charge >= 0.3 is 6.18 Å². The van der Waals surface area contributed by atoms with Gasteiger partial charge in [0.05, 0.1) is 34.8 Å². The summed E-state index contributed by atoms with van der Waals surface area (Å²) in [6, 6.07) is 7.54. The highest BCUT2D eigenvalue weighted by molar-refractivity contribution is 7.07. The molecule has 4 aromatic rings. The molecule has 8 nitrogen and oxygen atoms in total. The summed E-state index contributed by atoms with van der Waals surface area (Å²) in [5, 5.41) is 7.20. The number of hydrogen-bond acceptors (Lipinski definition) is 6. The van der Waals surface area contributed by atoms with Crippen LogP contribution in [0.25, 0.3) is 11.3 Å². The lowest BCUT2D eigenvalue weighted by atomic mass is 9.92. The Kier molecular flexibility index (Phi) is 8.44. The molecule has 1 aliphatic heterocycles. The molecule has 226 valence electrons. The Labute approximate surface area is 245 Å². The lowest BCUT2D eigenvalue weighted by Crippen LogP contribution is -2.38. The van der Waals surface area contributed by atoms with E-state index in [0.29, 0.717) is 11.4 Å². The maximum Gasteiger partial charge on any atom is 0.389 e. The largest absolute Gasteiger partial charge is 0.389 e. The summed E-state index contributed by atoms with van der Waals surface area (Å²) in [6.07, 6.45) is -7.99. The van der Waals surface area contributed by atoms with E-state index in [1.54, 1.807) is 10.9 Å². The third-order valence-electron chi connectivity index (χ3n) is 6.96. The van der Waals surface area contributed by atoms with Crippen LogP contribution in [0.15, 0.2) is 53.5 Å². The van der Waals surface area contributed by atoms with E-state index in [1.165, 1.54) is 53.7 Å². The van der Waals surface area contributed by atoms with E-state index < -0.39 is 54.9 Å². The van der Waals surface area contributed by atoms with Gasteiger partial charge in [0.25, 0.3) is 5.91 Å². The number of halogens is 6. The number of hydrogen-bond donors (Lipinski definition) is 3. The molecule has 0 radical (unpaired) electrons. The fourth-order valence-electron chi connectivity index (χ4n) is 5.07. The molecule has 1 aliphatic rings. The van der Waals surface area contributed by atoms with Gasteiger partial charge in [0, 0.05) is 48.8 Å². The monoisotopic (exact) mass is 622 g/mol. The van der Waals surface area contributed by atoms with Crippen LogP contribution in [0.5, 0.6) is 0 Å². The van der Waals surface area contributed by atoms with Crippen LogP contribution in [0.2, 0.25) is 0 Å². The Balaban J connectivity index is 1.53. The van der Waals surface area contributed by atoms with E-state index in [1.807, 2.05) is 0 Å². The molecule has 5 rings (SSSR count). The average molecular weight is 623 g/mol. The van der Waals surface area contributed by atoms with Crippen LogP contribution in [-0.4, -0.2) is 57.9 Å². The quantitative estimate of drug-likeness (QED) is 0.176. The number of fused-ring (bicyclic) bond motifs is 1. The first-order valence-corrected chi connectivity index (χ1v) is 13.9. The first-order valence-electron chi connectivity index (χ1n) is 12.9. The third kappa shape index (κ3) is 6.82. The number of aromatic nitrogens is 3. The number of aromatic amines is 1. The van der Waals surface area contributed by atoms with Crippen LogP contribution in [0, 0.1) is 5.82 Å². The summed E-state index contributed by atoms with van der Waals surface area (Å²) in [4.78, 5) is 38.9. The molecule has 4 heterocycles. The molecule has 15 heteroatoms. The van der Waals surface area contributed by atoms with E-state index in [4.69, 9.17) is 0 Å². The Hall–Kier alpha value is -4.40. The Morgan fingerprint density at radius 2 is 1.91 bits per heavy atom. The lowest BCUT2D eigenvalue weighted by Gasteiger charge is -2.30. The van der Waals surface area contributed by atoms with Crippen molar-refractivity contribution in [2.24, 2.45) is 0 Å². The van der Waals surface area contributed by atoms with Gasteiger partial charge < -0.3 is 20.5 Å². The smallest absolute Gasteiger partial charge is 0.356 e. The van der Waals surface area contributed by atoms with E-state index in [0.717, 1.165) is 12.1 Å². The van der Waals surface area contributed by atoms with Crippen molar-refractivity contribution < 1.29 is 35.9 Å². The summed E-state index contributed by atoms with van der Waals surface area (Å²) in [5.74, 6) is -3.97. The minimum atomic E-state index is -4.50. The maximum absolute atomic E-state index is 13.5. The molecule has 0 bridgehead atoms. The van der Waals surface area contributed by atoms with Crippen LogP contribution >= 0.6 is 11.3 Å². The summed E-state index contributed by atoms with van der Waals surface area (Å²) >= 11 is 1.27. The summed E-state index contributed by atoms with van der Waals surface area (Å²) in [5.41, 5.74) is 2.62. The molecule has 2 amide bonds. The van der Waals surface area contributed by atoms with Crippen molar-refractivity contribution in [3.05, 3.63) is 76.1 Å². The average Bonchev–Trinajstić information content (AvgIpc) is 3.59. The number of nitrogens with one attached hydrogen (secondary N) is 3. The number of nitrogens with zero attached hydrogens (tertiary/aromatic N) is 3. The number of likely N-dealkylation sites (N-methyl/N-ethyl adjacent to an activating group) is 1. The summed E-state index contributed by atoms with van der Waals surface area (Å²) in [6.45, 7) is -0.159. The van der Waals surface area contributed by atoms with Crippen molar-refractivity contribution in [2.75, 3.05) is 24.2 Å². The van der Waals surface area contributed by atoms with Crippen LogP contribution in [0.4, 0.5) is 43.7 Å². The van der Waals surface area contributed by atoms with Crippen molar-refractivity contribution in [2.45, 2.75) is 37.3 Å². The lowest BCUT2D eigenvalue weighted by molar-refractivity contribution is -0.139. The van der Waals surface area contributed by atoms with Gasteiger partial charge in [-0.15, -0.1) is 11.3 Å². The van der Waals surface area contributed by atoms with Crippen LogP contribution in [0.1, 0.15) is 46.3 Å². The highest BCUT2D eigenvalue weighted by Crippen LogP contribution is 2.44. The molecule has 3 N–H and O–H groups in total. The zero-order valence-corrected chi connectivity index (χ0v) is 23.2. The Bertz CT molecular complexity index is 1610. The van der Waals surface area contributed by atoms with E-state index in [2.05, 4.69) is 25.6 Å². The summed E-state index contributed by atoms with van der Waals surface area (Å²) < 4.78 is 80.6. The number of carbonyl (C=O) groups is 2. The first-order chi connectivity index (χ1) is 20.4. The zero-order chi connectivity index (χ0) is 30.9. The van der Waals surface area contributed by atoms with Crippen LogP contribution in [-0.2, 0) is 4.79 Å². The number of thiazole rings is 1. The predicted octanol–water partition coefficient (Wildman–Crippen LogP) is 6.92. The predicted molar refractivity (Wildman–Crippen MR) is 148 cm³/mol. The number of rotatable bonds is 9. The van der Waals surface area contributed by atoms with Gasteiger partial charge in [0.2, 0.25) is 12.3 Å². The fraction of sp³-hybridized carbons (Fsp3) is 0.286. The molecule has 0 aliphatic carbocycles. The molecule has 0 saturated carbocycles. The minimum absolute atomic E-state index is 0.0294. The Morgan fingerprint density at radius 3 is 2.56 bits per heavy atom. The second-order valence-corrected chi connectivity index (χ2v) is 10.7. The zero-order valence-electron chi connectivity index (χ0n) is 22.4. The number of amides is 2. The second kappa shape index (κ2) is 12.1. The second-order valence-electron chi connectivity index (χ2n) is 10.0. The van der Waals surface area contributed by atoms with E-state index in [-0.39, 0.29) is 40.6 Å². The molecule has 1 aromatic carbocycles. The molecule has 0 spiro atoms. The number of carbonyl (C=O) groups excluding carboxylic acids is 2. The molecule has 0 fully saturated rings. The van der Waals surface area contributed by atoms with Gasteiger partial charge in [-0.3, -0.25) is 9.59 Å². The standard InChI is InChI=1S/C28H24F6N6O2S/c1-40-11-16(10-28(32,33)34)23-22(27(40)42)25(37-21-12-43-13-36-21)24(39-23)15-6-7-35-20(8-15)38-26(41)18(9-19(30)31)14-2-4-17(29)5-3-14/h2-8,12-13,16,18-19,37,39H,9-11H2,1H3,(H,35,38,41)/t16-,18+/m0/s1. The molecule has 3 aromatic heterocycles. The molecular weight excluding hydrogens is 598 g/mol. The van der Waals surface area contributed by atoms with E-state index in [9.17, 15) is 35.9 Å². The molecular formula is C28H24F6N6O2S. The van der Waals surface area contributed by atoms with Crippen molar-refractivity contribution >= 4 is 40.5 Å². The van der Waals surface area contributed by atoms with Gasteiger partial charge in [-0.1, -0.05) is 12.1 Å². The topological polar surface area (TPSA) is 103 Å². The number of anilines is 3. The maximum atomic E-state index is 13.5. The Morgan fingerprint density at radius 1 is 1.16 bits per heavy atom. The number of benzene rings is 1. The highest BCUT2D eigenvalue weighted by Gasteiger charge is 2.41.